The number of benzene rings is 2. The lowest BCUT2D eigenvalue weighted by Gasteiger charge is -2.31. The first-order valence-corrected chi connectivity index (χ1v) is 10.7. The third-order valence-electron chi connectivity index (χ3n) is 4.94. The molecular formula is C23H28Cl2N2O2. The fourth-order valence-electron chi connectivity index (χ4n) is 3.07. The highest BCUT2D eigenvalue weighted by molar-refractivity contribution is 6.35. The van der Waals surface area contributed by atoms with Crippen molar-refractivity contribution in [2.75, 3.05) is 0 Å². The van der Waals surface area contributed by atoms with Crippen LogP contribution >= 0.6 is 23.2 Å². The zero-order chi connectivity index (χ0) is 21.4. The van der Waals surface area contributed by atoms with Crippen LogP contribution < -0.4 is 5.32 Å². The van der Waals surface area contributed by atoms with Gasteiger partial charge >= 0.3 is 0 Å². The van der Waals surface area contributed by atoms with Crippen LogP contribution in [0.2, 0.25) is 10.0 Å². The number of halogens is 2. The van der Waals surface area contributed by atoms with Gasteiger partial charge in [0.15, 0.2) is 0 Å². The molecule has 2 atom stereocenters. The number of carbonyl (C=O) groups excluding carboxylic acids is 2. The summed E-state index contributed by atoms with van der Waals surface area (Å²) in [4.78, 5) is 27.8. The van der Waals surface area contributed by atoms with Crippen LogP contribution in [-0.2, 0) is 22.6 Å². The summed E-state index contributed by atoms with van der Waals surface area (Å²) in [6.45, 7) is 6.25. The molecule has 2 aromatic rings. The van der Waals surface area contributed by atoms with E-state index >= 15 is 0 Å². The van der Waals surface area contributed by atoms with Gasteiger partial charge in [-0.1, -0.05) is 73.4 Å². The van der Waals surface area contributed by atoms with E-state index in [1.165, 1.54) is 0 Å². The third-order valence-corrected chi connectivity index (χ3v) is 5.53. The van der Waals surface area contributed by atoms with Crippen molar-refractivity contribution in [2.45, 2.75) is 58.7 Å². The molecule has 0 bridgehead atoms. The second kappa shape index (κ2) is 11.2. The number of nitrogens with one attached hydrogen (secondary N) is 1. The smallest absolute Gasteiger partial charge is 0.243 e. The normalized spacial score (nSPS) is 12.9. The van der Waals surface area contributed by atoms with Crippen molar-refractivity contribution >= 4 is 35.0 Å². The van der Waals surface area contributed by atoms with Gasteiger partial charge in [-0.2, -0.15) is 0 Å². The summed E-state index contributed by atoms with van der Waals surface area (Å²) < 4.78 is 0. The number of hydrogen-bond acceptors (Lipinski definition) is 2. The zero-order valence-corrected chi connectivity index (χ0v) is 18.6. The van der Waals surface area contributed by atoms with Gasteiger partial charge in [-0.25, -0.2) is 0 Å². The highest BCUT2D eigenvalue weighted by Crippen LogP contribution is 2.23. The second-order valence-corrected chi connectivity index (χ2v) is 8.01. The van der Waals surface area contributed by atoms with E-state index in [2.05, 4.69) is 5.32 Å². The lowest BCUT2D eigenvalue weighted by molar-refractivity contribution is -0.141. The van der Waals surface area contributed by atoms with Gasteiger partial charge in [-0.3, -0.25) is 9.59 Å². The maximum absolute atomic E-state index is 13.3. The van der Waals surface area contributed by atoms with Gasteiger partial charge in [0.05, 0.1) is 6.42 Å². The van der Waals surface area contributed by atoms with E-state index in [1.54, 1.807) is 23.1 Å². The monoisotopic (exact) mass is 434 g/mol. The lowest BCUT2D eigenvalue weighted by Crippen LogP contribution is -2.51. The molecule has 0 aliphatic heterocycles. The number of rotatable bonds is 9. The van der Waals surface area contributed by atoms with E-state index in [-0.39, 0.29) is 24.3 Å². The molecule has 0 unspecified atom stereocenters. The van der Waals surface area contributed by atoms with Crippen molar-refractivity contribution in [3.8, 4) is 0 Å². The second-order valence-electron chi connectivity index (χ2n) is 7.16. The standard InChI is InChI=1S/C23H28Cl2N2O2/c1-4-16(3)26-23(29)21(5-2)27(15-17-9-7-6-8-10-17)22(28)13-18-11-12-19(24)14-20(18)25/h6-12,14,16,21H,4-5,13,15H2,1-3H3,(H,26,29)/t16-,21+/m0/s1. The van der Waals surface area contributed by atoms with Gasteiger partial charge in [0, 0.05) is 22.6 Å². The molecule has 6 heteroatoms. The Hall–Kier alpha value is -2.04. The fourth-order valence-corrected chi connectivity index (χ4v) is 3.55. The largest absolute Gasteiger partial charge is 0.352 e. The van der Waals surface area contributed by atoms with Crippen LogP contribution in [0, 0.1) is 0 Å². The first-order chi connectivity index (χ1) is 13.8. The van der Waals surface area contributed by atoms with Crippen LogP contribution in [0.3, 0.4) is 0 Å². The Morgan fingerprint density at radius 3 is 2.31 bits per heavy atom. The van der Waals surface area contributed by atoms with Crippen molar-refractivity contribution < 1.29 is 9.59 Å². The van der Waals surface area contributed by atoms with Gasteiger partial charge in [0.25, 0.3) is 0 Å². The van der Waals surface area contributed by atoms with Gasteiger partial charge in [0.1, 0.15) is 6.04 Å². The van der Waals surface area contributed by atoms with Crippen molar-refractivity contribution in [1.29, 1.82) is 0 Å². The van der Waals surface area contributed by atoms with E-state index < -0.39 is 6.04 Å². The van der Waals surface area contributed by atoms with Gasteiger partial charge in [0.2, 0.25) is 11.8 Å². The van der Waals surface area contributed by atoms with Crippen molar-refractivity contribution in [3.63, 3.8) is 0 Å². The molecule has 0 fully saturated rings. The maximum atomic E-state index is 13.3. The van der Waals surface area contributed by atoms with Gasteiger partial charge in [-0.15, -0.1) is 0 Å². The van der Waals surface area contributed by atoms with E-state index in [0.717, 1.165) is 12.0 Å². The van der Waals surface area contributed by atoms with Crippen molar-refractivity contribution in [2.24, 2.45) is 0 Å². The third kappa shape index (κ3) is 6.76. The molecule has 29 heavy (non-hydrogen) atoms. The zero-order valence-electron chi connectivity index (χ0n) is 17.1. The average molecular weight is 435 g/mol. The molecule has 4 nitrogen and oxygen atoms in total. The lowest BCUT2D eigenvalue weighted by atomic mass is 10.1. The van der Waals surface area contributed by atoms with E-state index in [0.29, 0.717) is 28.6 Å². The number of amides is 2. The summed E-state index contributed by atoms with van der Waals surface area (Å²) in [7, 11) is 0. The minimum atomic E-state index is -0.553. The number of hydrogen-bond donors (Lipinski definition) is 1. The molecule has 0 saturated heterocycles. The molecule has 2 amide bonds. The Labute approximate surface area is 183 Å². The molecule has 1 N–H and O–H groups in total. The highest BCUT2D eigenvalue weighted by Gasteiger charge is 2.29. The van der Waals surface area contributed by atoms with E-state index in [4.69, 9.17) is 23.2 Å². The topological polar surface area (TPSA) is 49.4 Å². The van der Waals surface area contributed by atoms with Crippen LogP contribution in [0.4, 0.5) is 0 Å². The molecule has 0 aliphatic carbocycles. The van der Waals surface area contributed by atoms with Gasteiger partial charge < -0.3 is 10.2 Å². The fraction of sp³-hybridized carbons (Fsp3) is 0.391. The predicted molar refractivity (Wildman–Crippen MR) is 119 cm³/mol. The minimum Gasteiger partial charge on any atom is -0.352 e. The summed E-state index contributed by atoms with van der Waals surface area (Å²) >= 11 is 12.2. The van der Waals surface area contributed by atoms with Crippen LogP contribution in [-0.4, -0.2) is 28.8 Å². The predicted octanol–water partition coefficient (Wildman–Crippen LogP) is 5.26. The Balaban J connectivity index is 2.29. The van der Waals surface area contributed by atoms with E-state index in [1.807, 2.05) is 51.1 Å². The molecule has 0 spiro atoms. The molecule has 0 aromatic heterocycles. The molecular weight excluding hydrogens is 407 g/mol. The van der Waals surface area contributed by atoms with E-state index in [9.17, 15) is 9.59 Å². The summed E-state index contributed by atoms with van der Waals surface area (Å²) in [5.74, 6) is -0.280. The van der Waals surface area contributed by atoms with Gasteiger partial charge in [-0.05, 0) is 43.0 Å². The van der Waals surface area contributed by atoms with Crippen LogP contribution in [0.25, 0.3) is 0 Å². The molecule has 0 radical (unpaired) electrons. The van der Waals surface area contributed by atoms with Crippen molar-refractivity contribution in [1.82, 2.24) is 10.2 Å². The molecule has 0 heterocycles. The van der Waals surface area contributed by atoms with Crippen LogP contribution in [0.15, 0.2) is 48.5 Å². The van der Waals surface area contributed by atoms with Crippen LogP contribution in [0.5, 0.6) is 0 Å². The van der Waals surface area contributed by atoms with Crippen molar-refractivity contribution in [3.05, 3.63) is 69.7 Å². The average Bonchev–Trinajstić information content (AvgIpc) is 2.70. The minimum absolute atomic E-state index is 0.0518. The summed E-state index contributed by atoms with van der Waals surface area (Å²) in [6, 6.07) is 14.3. The highest BCUT2D eigenvalue weighted by atomic mass is 35.5. The molecule has 0 saturated carbocycles. The number of nitrogens with zero attached hydrogens (tertiary/aromatic N) is 1. The first kappa shape index (κ1) is 23.2. The molecule has 156 valence electrons. The molecule has 2 aromatic carbocycles. The SMILES string of the molecule is CC[C@H](C(=O)N[C@@H](C)CC)N(Cc1ccccc1)C(=O)Cc1ccc(Cl)cc1Cl. The van der Waals surface area contributed by atoms with Crippen LogP contribution in [0.1, 0.15) is 44.7 Å². The molecule has 2 rings (SSSR count). The molecule has 0 aliphatic rings. The Kier molecular flexibility index (Phi) is 8.99. The summed E-state index contributed by atoms with van der Waals surface area (Å²) in [5, 5.41) is 3.98. The number of carbonyl (C=O) groups is 2. The maximum Gasteiger partial charge on any atom is 0.243 e. The summed E-state index contributed by atoms with van der Waals surface area (Å²) in [6.07, 6.45) is 1.46. The summed E-state index contributed by atoms with van der Waals surface area (Å²) in [5.41, 5.74) is 1.66. The Bertz CT molecular complexity index is 827. The Morgan fingerprint density at radius 2 is 1.72 bits per heavy atom. The first-order valence-electron chi connectivity index (χ1n) is 9.93. The Morgan fingerprint density at radius 1 is 1.03 bits per heavy atom. The quantitative estimate of drug-likeness (QED) is 0.584.